The molecule has 0 atom stereocenters. The van der Waals surface area contributed by atoms with Crippen molar-refractivity contribution in [2.45, 2.75) is 0 Å². The van der Waals surface area contributed by atoms with Crippen LogP contribution in [0.2, 0.25) is 0 Å². The first-order valence-electron chi connectivity index (χ1n) is 14.6. The molecule has 0 aliphatic heterocycles. The minimum absolute atomic E-state index is 1.07. The maximum absolute atomic E-state index is 3.70. The Hall–Kier alpha value is -4.98. The van der Waals surface area contributed by atoms with Gasteiger partial charge in [0.2, 0.25) is 0 Å². The summed E-state index contributed by atoms with van der Waals surface area (Å²) in [7, 11) is 0. The van der Waals surface area contributed by atoms with Gasteiger partial charge in [0.15, 0.2) is 0 Å². The summed E-state index contributed by atoms with van der Waals surface area (Å²) in [6.07, 6.45) is 0. The number of benzene rings is 8. The van der Waals surface area contributed by atoms with E-state index >= 15 is 0 Å². The van der Waals surface area contributed by atoms with Gasteiger partial charge in [-0.25, -0.2) is 0 Å². The van der Waals surface area contributed by atoms with Gasteiger partial charge in [0, 0.05) is 4.47 Å². The van der Waals surface area contributed by atoms with Gasteiger partial charge in [-0.2, -0.15) is 0 Å². The zero-order chi connectivity index (χ0) is 28.8. The third-order valence-electron chi connectivity index (χ3n) is 8.50. The van der Waals surface area contributed by atoms with Crippen molar-refractivity contribution in [1.82, 2.24) is 0 Å². The molecule has 0 unspecified atom stereocenters. The molecule has 8 aromatic carbocycles. The lowest BCUT2D eigenvalue weighted by atomic mass is 9.76. The Morgan fingerprint density at radius 3 is 0.953 bits per heavy atom. The fraction of sp³-hybridized carbons (Fsp3) is 0. The van der Waals surface area contributed by atoms with Gasteiger partial charge in [-0.1, -0.05) is 168 Å². The molecule has 43 heavy (non-hydrogen) atoms. The van der Waals surface area contributed by atoms with Gasteiger partial charge in [-0.05, 0) is 89.0 Å². The van der Waals surface area contributed by atoms with Crippen LogP contribution in [0.1, 0.15) is 0 Å². The molecule has 8 rings (SSSR count). The number of hydrogen-bond acceptors (Lipinski definition) is 0. The van der Waals surface area contributed by atoms with Gasteiger partial charge in [-0.15, -0.1) is 0 Å². The minimum Gasteiger partial charge on any atom is -0.0622 e. The zero-order valence-corrected chi connectivity index (χ0v) is 25.1. The van der Waals surface area contributed by atoms with Crippen molar-refractivity contribution in [3.8, 4) is 44.5 Å². The molecule has 0 aromatic heterocycles. The van der Waals surface area contributed by atoms with Crippen LogP contribution in [-0.2, 0) is 0 Å². The lowest BCUT2D eigenvalue weighted by molar-refractivity contribution is 1.56. The second-order valence-electron chi connectivity index (χ2n) is 10.9. The normalized spacial score (nSPS) is 11.4. The van der Waals surface area contributed by atoms with Crippen molar-refractivity contribution < 1.29 is 0 Å². The van der Waals surface area contributed by atoms with Crippen LogP contribution in [0.3, 0.4) is 0 Å². The van der Waals surface area contributed by atoms with Gasteiger partial charge < -0.3 is 0 Å². The number of rotatable bonds is 4. The number of hydrogen-bond donors (Lipinski definition) is 0. The molecule has 202 valence electrons. The molecular weight excluding hydrogens is 584 g/mol. The van der Waals surface area contributed by atoms with E-state index in [-0.39, 0.29) is 0 Å². The van der Waals surface area contributed by atoms with Gasteiger partial charge in [0.1, 0.15) is 0 Å². The molecule has 0 bridgehead atoms. The van der Waals surface area contributed by atoms with Gasteiger partial charge in [0.05, 0.1) is 0 Å². The van der Waals surface area contributed by atoms with Crippen molar-refractivity contribution >= 4 is 48.2 Å². The predicted octanol–water partition coefficient (Wildman–Crippen LogP) is 12.6. The molecule has 0 aliphatic carbocycles. The topological polar surface area (TPSA) is 0 Å². The molecule has 0 heterocycles. The van der Waals surface area contributed by atoms with E-state index in [0.717, 1.165) is 4.47 Å². The van der Waals surface area contributed by atoms with Crippen LogP contribution in [0.5, 0.6) is 0 Å². The standard InChI is InChI=1S/C42H27Br/c43-32-26-24-31(25-27-32)38-37(28-14-4-1-5-15-28)39(29-16-6-2-7-17-29)41-35-22-12-10-20-33(35)34-21-11-13-23-36(34)42(41)40(38)30-18-8-3-9-19-30/h1-27H. The summed E-state index contributed by atoms with van der Waals surface area (Å²) in [6.45, 7) is 0. The van der Waals surface area contributed by atoms with E-state index in [9.17, 15) is 0 Å². The molecule has 0 fully saturated rings. The Labute approximate surface area is 260 Å². The highest BCUT2D eigenvalue weighted by Gasteiger charge is 2.26. The highest BCUT2D eigenvalue weighted by Crippen LogP contribution is 2.54. The molecule has 0 amide bonds. The average molecular weight is 612 g/mol. The van der Waals surface area contributed by atoms with Gasteiger partial charge in [0.25, 0.3) is 0 Å². The molecule has 0 N–H and O–H groups in total. The minimum atomic E-state index is 1.07. The van der Waals surface area contributed by atoms with Crippen molar-refractivity contribution in [3.63, 3.8) is 0 Å². The molecule has 8 aromatic rings. The van der Waals surface area contributed by atoms with Crippen LogP contribution >= 0.6 is 15.9 Å². The fourth-order valence-electron chi connectivity index (χ4n) is 6.75. The third-order valence-corrected chi connectivity index (χ3v) is 9.03. The van der Waals surface area contributed by atoms with Crippen LogP contribution < -0.4 is 0 Å². The SMILES string of the molecule is Brc1ccc(-c2c(-c3ccccc3)c(-c3ccccc3)c3c4ccccc4c4ccccc4c3c2-c2ccccc2)cc1. The Kier molecular flexibility index (Phi) is 6.39. The van der Waals surface area contributed by atoms with E-state index in [1.54, 1.807) is 0 Å². The monoisotopic (exact) mass is 610 g/mol. The van der Waals surface area contributed by atoms with Crippen molar-refractivity contribution in [3.05, 3.63) is 168 Å². The highest BCUT2D eigenvalue weighted by atomic mass is 79.9. The molecule has 0 spiro atoms. The van der Waals surface area contributed by atoms with E-state index in [1.807, 2.05) is 0 Å². The lowest BCUT2D eigenvalue weighted by Gasteiger charge is -2.26. The zero-order valence-electron chi connectivity index (χ0n) is 23.5. The second-order valence-corrected chi connectivity index (χ2v) is 11.9. The molecular formula is C42H27Br. The Bertz CT molecular complexity index is 2250. The largest absolute Gasteiger partial charge is 0.0622 e. The third kappa shape index (κ3) is 4.28. The van der Waals surface area contributed by atoms with Crippen LogP contribution in [0, 0.1) is 0 Å². The van der Waals surface area contributed by atoms with E-state index < -0.39 is 0 Å². The van der Waals surface area contributed by atoms with Gasteiger partial charge >= 0.3 is 0 Å². The first-order valence-corrected chi connectivity index (χ1v) is 15.4. The first-order chi connectivity index (χ1) is 21.3. The summed E-state index contributed by atoms with van der Waals surface area (Å²) in [5.74, 6) is 0. The van der Waals surface area contributed by atoms with E-state index in [4.69, 9.17) is 0 Å². The molecule has 0 saturated carbocycles. The summed E-state index contributed by atoms with van der Waals surface area (Å²) in [5.41, 5.74) is 9.84. The molecule has 0 radical (unpaired) electrons. The molecule has 0 saturated heterocycles. The van der Waals surface area contributed by atoms with Crippen LogP contribution in [0.25, 0.3) is 76.8 Å². The van der Waals surface area contributed by atoms with Crippen molar-refractivity contribution in [2.24, 2.45) is 0 Å². The Balaban J connectivity index is 1.77. The van der Waals surface area contributed by atoms with Crippen molar-refractivity contribution in [2.75, 3.05) is 0 Å². The molecule has 0 aliphatic rings. The van der Waals surface area contributed by atoms with E-state index in [2.05, 4.69) is 180 Å². The summed E-state index contributed by atoms with van der Waals surface area (Å²) in [5, 5.41) is 7.67. The van der Waals surface area contributed by atoms with Crippen molar-refractivity contribution in [1.29, 1.82) is 0 Å². The van der Waals surface area contributed by atoms with Crippen LogP contribution in [0.4, 0.5) is 0 Å². The average Bonchev–Trinajstić information content (AvgIpc) is 3.09. The summed E-state index contributed by atoms with van der Waals surface area (Å²) >= 11 is 3.70. The maximum atomic E-state index is 3.70. The molecule has 1 heteroatoms. The van der Waals surface area contributed by atoms with Crippen LogP contribution in [-0.4, -0.2) is 0 Å². The van der Waals surface area contributed by atoms with Gasteiger partial charge in [-0.3, -0.25) is 0 Å². The summed E-state index contributed by atoms with van der Waals surface area (Å²) in [4.78, 5) is 0. The number of fused-ring (bicyclic) bond motifs is 6. The van der Waals surface area contributed by atoms with E-state index in [1.165, 1.54) is 76.8 Å². The quantitative estimate of drug-likeness (QED) is 0.174. The second kappa shape index (κ2) is 10.7. The summed E-state index contributed by atoms with van der Waals surface area (Å²) in [6, 6.07) is 59.5. The predicted molar refractivity (Wildman–Crippen MR) is 188 cm³/mol. The highest BCUT2D eigenvalue weighted by molar-refractivity contribution is 9.10. The number of halogens is 1. The first kappa shape index (κ1) is 25.7. The summed E-state index contributed by atoms with van der Waals surface area (Å²) < 4.78 is 1.07. The molecule has 0 nitrogen and oxygen atoms in total. The Morgan fingerprint density at radius 2 is 0.558 bits per heavy atom. The maximum Gasteiger partial charge on any atom is 0.0175 e. The van der Waals surface area contributed by atoms with Crippen LogP contribution in [0.15, 0.2) is 168 Å². The van der Waals surface area contributed by atoms with E-state index in [0.29, 0.717) is 0 Å². The fourth-order valence-corrected chi connectivity index (χ4v) is 7.01. The Morgan fingerprint density at radius 1 is 0.256 bits per heavy atom. The lowest BCUT2D eigenvalue weighted by Crippen LogP contribution is -1.99. The smallest absolute Gasteiger partial charge is 0.0175 e.